The van der Waals surface area contributed by atoms with Crippen molar-refractivity contribution in [2.45, 2.75) is 13.5 Å². The minimum atomic E-state index is 0.395. The van der Waals surface area contributed by atoms with Crippen LogP contribution in [0.4, 0.5) is 11.8 Å². The highest BCUT2D eigenvalue weighted by Crippen LogP contribution is 2.34. The normalized spacial score (nSPS) is 10.8. The van der Waals surface area contributed by atoms with Crippen molar-refractivity contribution >= 4 is 22.7 Å². The van der Waals surface area contributed by atoms with E-state index in [1.54, 1.807) is 32.6 Å². The molecule has 0 unspecified atom stereocenters. The van der Waals surface area contributed by atoms with Gasteiger partial charge in [0.1, 0.15) is 11.6 Å². The van der Waals surface area contributed by atoms with Crippen molar-refractivity contribution < 1.29 is 13.9 Å². The zero-order valence-electron chi connectivity index (χ0n) is 14.2. The Morgan fingerprint density at radius 2 is 1.88 bits per heavy atom. The van der Waals surface area contributed by atoms with E-state index >= 15 is 0 Å². The van der Waals surface area contributed by atoms with Crippen molar-refractivity contribution in [3.8, 4) is 11.5 Å². The number of aryl methyl sites for hydroxylation is 1. The number of benzene rings is 1. The number of ether oxygens (including phenoxy) is 2. The minimum Gasteiger partial charge on any atom is -0.493 e. The maximum atomic E-state index is 6.12. The Bertz CT molecular complexity index is 876. The largest absolute Gasteiger partial charge is 0.493 e. The standard InChI is InChI=1S/C17H20N4O3/c1-10-11(5-6-24-10)9-21(2)17-19-13-8-15(23-4)14(22-3)7-12(13)16(18)20-17/h5-8H,9H2,1-4H3,(H2,18,19,20). The molecule has 0 aliphatic carbocycles. The number of methoxy groups -OCH3 is 2. The van der Waals surface area contributed by atoms with Crippen LogP contribution >= 0.6 is 0 Å². The summed E-state index contributed by atoms with van der Waals surface area (Å²) in [6.07, 6.45) is 1.67. The van der Waals surface area contributed by atoms with Gasteiger partial charge in [0.15, 0.2) is 11.5 Å². The second-order valence-corrected chi connectivity index (χ2v) is 5.49. The van der Waals surface area contributed by atoms with Crippen molar-refractivity contribution in [3.05, 3.63) is 35.8 Å². The molecule has 2 aromatic heterocycles. The molecule has 2 heterocycles. The molecular formula is C17H20N4O3. The monoisotopic (exact) mass is 328 g/mol. The first kappa shape index (κ1) is 15.9. The van der Waals surface area contributed by atoms with E-state index in [2.05, 4.69) is 9.97 Å². The molecule has 3 aromatic rings. The van der Waals surface area contributed by atoms with Gasteiger partial charge in [-0.3, -0.25) is 0 Å². The van der Waals surface area contributed by atoms with Gasteiger partial charge >= 0.3 is 0 Å². The molecule has 3 rings (SSSR count). The Labute approximate surface area is 140 Å². The molecule has 0 saturated heterocycles. The van der Waals surface area contributed by atoms with E-state index in [4.69, 9.17) is 19.6 Å². The quantitative estimate of drug-likeness (QED) is 0.770. The molecule has 0 spiro atoms. The molecule has 1 aromatic carbocycles. The molecule has 0 atom stereocenters. The van der Waals surface area contributed by atoms with E-state index in [-0.39, 0.29) is 0 Å². The van der Waals surface area contributed by atoms with Crippen LogP contribution in [0.15, 0.2) is 28.9 Å². The minimum absolute atomic E-state index is 0.395. The zero-order chi connectivity index (χ0) is 17.3. The smallest absolute Gasteiger partial charge is 0.227 e. The van der Waals surface area contributed by atoms with Crippen LogP contribution in [0.1, 0.15) is 11.3 Å². The molecule has 7 heteroatoms. The number of anilines is 2. The van der Waals surface area contributed by atoms with Crippen LogP contribution in [-0.2, 0) is 6.54 Å². The summed E-state index contributed by atoms with van der Waals surface area (Å²) in [6.45, 7) is 2.55. The van der Waals surface area contributed by atoms with Crippen LogP contribution in [0, 0.1) is 6.92 Å². The van der Waals surface area contributed by atoms with E-state index in [0.29, 0.717) is 35.3 Å². The number of aromatic nitrogens is 2. The van der Waals surface area contributed by atoms with E-state index in [1.165, 1.54) is 0 Å². The van der Waals surface area contributed by atoms with Crippen molar-refractivity contribution in [1.29, 1.82) is 0 Å². The van der Waals surface area contributed by atoms with Crippen molar-refractivity contribution in [2.24, 2.45) is 0 Å². The Kier molecular flexibility index (Phi) is 4.16. The van der Waals surface area contributed by atoms with Crippen LogP contribution in [0.3, 0.4) is 0 Å². The summed E-state index contributed by atoms with van der Waals surface area (Å²) in [5.74, 6) is 3.00. The van der Waals surface area contributed by atoms with Crippen LogP contribution in [-0.4, -0.2) is 31.2 Å². The van der Waals surface area contributed by atoms with Gasteiger partial charge in [0.25, 0.3) is 0 Å². The molecule has 0 amide bonds. The van der Waals surface area contributed by atoms with Crippen molar-refractivity contribution in [1.82, 2.24) is 9.97 Å². The Balaban J connectivity index is 2.01. The number of nitrogen functional groups attached to an aromatic ring is 1. The summed E-state index contributed by atoms with van der Waals surface area (Å²) in [5.41, 5.74) is 7.90. The van der Waals surface area contributed by atoms with Gasteiger partial charge in [0.05, 0.1) is 26.0 Å². The Morgan fingerprint density at radius 3 is 2.50 bits per heavy atom. The fourth-order valence-electron chi connectivity index (χ4n) is 2.54. The van der Waals surface area contributed by atoms with Gasteiger partial charge in [0.2, 0.25) is 5.95 Å². The molecular weight excluding hydrogens is 308 g/mol. The van der Waals surface area contributed by atoms with E-state index < -0.39 is 0 Å². The molecule has 2 N–H and O–H groups in total. The SMILES string of the molecule is COc1cc2nc(N(C)Cc3ccoc3C)nc(N)c2cc1OC. The molecule has 0 aliphatic heterocycles. The lowest BCUT2D eigenvalue weighted by Gasteiger charge is -2.18. The zero-order valence-corrected chi connectivity index (χ0v) is 14.2. The number of fused-ring (bicyclic) bond motifs is 1. The van der Waals surface area contributed by atoms with Gasteiger partial charge in [-0.05, 0) is 19.1 Å². The number of nitrogens with two attached hydrogens (primary N) is 1. The first-order valence-electron chi connectivity index (χ1n) is 7.46. The number of rotatable bonds is 5. The predicted octanol–water partition coefficient (Wildman–Crippen LogP) is 2.77. The fraction of sp³-hybridized carbons (Fsp3) is 0.294. The van der Waals surface area contributed by atoms with Crippen LogP contribution in [0.2, 0.25) is 0 Å². The molecule has 0 bridgehead atoms. The maximum Gasteiger partial charge on any atom is 0.227 e. The topological polar surface area (TPSA) is 86.6 Å². The summed E-state index contributed by atoms with van der Waals surface area (Å²) in [5, 5.41) is 0.726. The lowest BCUT2D eigenvalue weighted by molar-refractivity contribution is 0.356. The highest BCUT2D eigenvalue weighted by molar-refractivity contribution is 5.91. The second kappa shape index (κ2) is 6.27. The average Bonchev–Trinajstić information content (AvgIpc) is 2.98. The third kappa shape index (κ3) is 2.80. The molecule has 0 radical (unpaired) electrons. The van der Waals surface area contributed by atoms with Crippen LogP contribution in [0.25, 0.3) is 10.9 Å². The highest BCUT2D eigenvalue weighted by atomic mass is 16.5. The summed E-state index contributed by atoms with van der Waals surface area (Å²) < 4.78 is 16.0. The van der Waals surface area contributed by atoms with E-state index in [9.17, 15) is 0 Å². The molecule has 126 valence electrons. The lowest BCUT2D eigenvalue weighted by atomic mass is 10.2. The van der Waals surface area contributed by atoms with E-state index in [1.807, 2.05) is 24.9 Å². The molecule has 0 saturated carbocycles. The van der Waals surface area contributed by atoms with Crippen LogP contribution < -0.4 is 20.1 Å². The van der Waals surface area contributed by atoms with Gasteiger partial charge in [-0.2, -0.15) is 4.98 Å². The summed E-state index contributed by atoms with van der Waals surface area (Å²) in [4.78, 5) is 10.9. The van der Waals surface area contributed by atoms with Crippen LogP contribution in [0.5, 0.6) is 11.5 Å². The highest BCUT2D eigenvalue weighted by Gasteiger charge is 2.14. The third-order valence-electron chi connectivity index (χ3n) is 3.93. The maximum absolute atomic E-state index is 6.12. The Morgan fingerprint density at radius 1 is 1.17 bits per heavy atom. The molecule has 24 heavy (non-hydrogen) atoms. The first-order valence-corrected chi connectivity index (χ1v) is 7.46. The fourth-order valence-corrected chi connectivity index (χ4v) is 2.54. The first-order chi connectivity index (χ1) is 11.5. The van der Waals surface area contributed by atoms with Gasteiger partial charge in [-0.15, -0.1) is 0 Å². The van der Waals surface area contributed by atoms with E-state index in [0.717, 1.165) is 16.7 Å². The molecule has 0 fully saturated rings. The van der Waals surface area contributed by atoms with Crippen molar-refractivity contribution in [3.63, 3.8) is 0 Å². The van der Waals surface area contributed by atoms with Gasteiger partial charge in [-0.1, -0.05) is 0 Å². The predicted molar refractivity (Wildman–Crippen MR) is 92.6 cm³/mol. The Hall–Kier alpha value is -2.96. The lowest BCUT2D eigenvalue weighted by Crippen LogP contribution is -2.20. The van der Waals surface area contributed by atoms with Gasteiger partial charge in [-0.25, -0.2) is 4.98 Å². The number of hydrogen-bond acceptors (Lipinski definition) is 7. The number of nitrogens with zero attached hydrogens (tertiary/aromatic N) is 3. The second-order valence-electron chi connectivity index (χ2n) is 5.49. The summed E-state index contributed by atoms with van der Waals surface area (Å²) in [7, 11) is 5.08. The van der Waals surface area contributed by atoms with Gasteiger partial charge in [0, 0.05) is 30.6 Å². The van der Waals surface area contributed by atoms with Crippen molar-refractivity contribution in [2.75, 3.05) is 31.9 Å². The number of hydrogen-bond donors (Lipinski definition) is 1. The van der Waals surface area contributed by atoms with Gasteiger partial charge < -0.3 is 24.5 Å². The average molecular weight is 328 g/mol. The molecule has 7 nitrogen and oxygen atoms in total. The summed E-state index contributed by atoms with van der Waals surface area (Å²) >= 11 is 0. The number of furan rings is 1. The summed E-state index contributed by atoms with van der Waals surface area (Å²) in [6, 6.07) is 5.52. The third-order valence-corrected chi connectivity index (χ3v) is 3.93. The molecule has 0 aliphatic rings.